The first kappa shape index (κ1) is 18.0. The number of amides is 1. The lowest BCUT2D eigenvalue weighted by Gasteiger charge is -2.35. The summed E-state index contributed by atoms with van der Waals surface area (Å²) >= 11 is 0. The third-order valence-corrected chi connectivity index (χ3v) is 4.79. The van der Waals surface area contributed by atoms with Gasteiger partial charge in [-0.05, 0) is 37.3 Å². The molecule has 1 fully saturated rings. The second-order valence-electron chi connectivity index (χ2n) is 7.22. The van der Waals surface area contributed by atoms with Crippen molar-refractivity contribution in [2.75, 3.05) is 26.7 Å². The van der Waals surface area contributed by atoms with Gasteiger partial charge in [0.2, 0.25) is 5.91 Å². The van der Waals surface area contributed by atoms with Crippen LogP contribution in [0.25, 0.3) is 0 Å². The molecule has 0 bridgehead atoms. The number of likely N-dealkylation sites (tertiary alicyclic amines) is 1. The molecular weight excluding hydrogens is 286 g/mol. The fraction of sp³-hybridized carbons (Fsp3) is 0.632. The number of hydrogen-bond acceptors (Lipinski definition) is 3. The number of carbonyl (C=O) groups excluding carboxylic acids is 1. The average Bonchev–Trinajstić information content (AvgIpc) is 2.55. The number of carbonyl (C=O) groups is 1. The molecule has 4 heteroatoms. The number of nitrogens with two attached hydrogens (primary N) is 1. The normalized spacial score (nSPS) is 17.7. The molecule has 1 aliphatic rings. The van der Waals surface area contributed by atoms with Crippen LogP contribution in [0.3, 0.4) is 0 Å². The first-order valence-electron chi connectivity index (χ1n) is 8.74. The van der Waals surface area contributed by atoms with Crippen LogP contribution in [-0.4, -0.2) is 48.4 Å². The molecule has 4 nitrogen and oxygen atoms in total. The molecule has 0 unspecified atom stereocenters. The second kappa shape index (κ2) is 8.46. The number of nitrogens with zero attached hydrogens (tertiary/aromatic N) is 2. The summed E-state index contributed by atoms with van der Waals surface area (Å²) in [5.74, 6) is 0.997. The van der Waals surface area contributed by atoms with Gasteiger partial charge in [-0.3, -0.25) is 4.79 Å². The van der Waals surface area contributed by atoms with Gasteiger partial charge in [0.1, 0.15) is 0 Å². The monoisotopic (exact) mass is 317 g/mol. The number of rotatable bonds is 6. The molecule has 1 heterocycles. The van der Waals surface area contributed by atoms with Gasteiger partial charge in [0.15, 0.2) is 0 Å². The number of benzene rings is 1. The molecule has 1 aliphatic heterocycles. The van der Waals surface area contributed by atoms with Crippen molar-refractivity contribution in [3.63, 3.8) is 0 Å². The van der Waals surface area contributed by atoms with Crippen molar-refractivity contribution in [2.45, 2.75) is 39.3 Å². The van der Waals surface area contributed by atoms with E-state index in [0.29, 0.717) is 5.92 Å². The summed E-state index contributed by atoms with van der Waals surface area (Å²) in [7, 11) is 2.18. The van der Waals surface area contributed by atoms with Gasteiger partial charge >= 0.3 is 0 Å². The maximum atomic E-state index is 12.3. The van der Waals surface area contributed by atoms with Gasteiger partial charge in [-0.15, -0.1) is 0 Å². The summed E-state index contributed by atoms with van der Waals surface area (Å²) < 4.78 is 0. The third-order valence-electron chi connectivity index (χ3n) is 4.79. The Morgan fingerprint density at radius 1 is 1.26 bits per heavy atom. The summed E-state index contributed by atoms with van der Waals surface area (Å²) in [6, 6.07) is 10.2. The van der Waals surface area contributed by atoms with E-state index >= 15 is 0 Å². The maximum Gasteiger partial charge on any atom is 0.239 e. The van der Waals surface area contributed by atoms with E-state index in [-0.39, 0.29) is 17.9 Å². The molecule has 2 N–H and O–H groups in total. The number of piperidine rings is 1. The highest BCUT2D eigenvalue weighted by molar-refractivity contribution is 5.82. The Morgan fingerprint density at radius 3 is 2.43 bits per heavy atom. The Hall–Kier alpha value is -1.39. The summed E-state index contributed by atoms with van der Waals surface area (Å²) in [5, 5.41) is 0. The van der Waals surface area contributed by atoms with Crippen molar-refractivity contribution in [1.82, 2.24) is 9.80 Å². The zero-order chi connectivity index (χ0) is 16.8. The highest BCUT2D eigenvalue weighted by atomic mass is 16.2. The third kappa shape index (κ3) is 5.33. The Balaban J connectivity index is 1.75. The second-order valence-corrected chi connectivity index (χ2v) is 7.22. The summed E-state index contributed by atoms with van der Waals surface area (Å²) in [6.07, 6.45) is 2.16. The van der Waals surface area contributed by atoms with Crippen LogP contribution >= 0.6 is 0 Å². The molecule has 1 atom stereocenters. The lowest BCUT2D eigenvalue weighted by molar-refractivity contribution is -0.135. The Morgan fingerprint density at radius 2 is 1.87 bits per heavy atom. The van der Waals surface area contributed by atoms with E-state index < -0.39 is 0 Å². The van der Waals surface area contributed by atoms with Crippen LogP contribution in [0.4, 0.5) is 0 Å². The zero-order valence-electron chi connectivity index (χ0n) is 14.7. The van der Waals surface area contributed by atoms with E-state index in [1.54, 1.807) is 0 Å². The lowest BCUT2D eigenvalue weighted by Crippen LogP contribution is -2.49. The maximum absolute atomic E-state index is 12.3. The van der Waals surface area contributed by atoms with Crippen LogP contribution < -0.4 is 5.73 Å². The van der Waals surface area contributed by atoms with Crippen LogP contribution in [0.2, 0.25) is 0 Å². The molecule has 0 aromatic heterocycles. The van der Waals surface area contributed by atoms with Gasteiger partial charge in [0, 0.05) is 26.2 Å². The van der Waals surface area contributed by atoms with E-state index in [1.807, 2.05) is 18.7 Å². The smallest absolute Gasteiger partial charge is 0.239 e. The van der Waals surface area contributed by atoms with Gasteiger partial charge in [0.05, 0.1) is 6.04 Å². The predicted molar refractivity (Wildman–Crippen MR) is 94.9 cm³/mol. The van der Waals surface area contributed by atoms with E-state index in [9.17, 15) is 4.79 Å². The first-order chi connectivity index (χ1) is 11.0. The van der Waals surface area contributed by atoms with Crippen molar-refractivity contribution < 1.29 is 4.79 Å². The van der Waals surface area contributed by atoms with E-state index in [1.165, 1.54) is 5.56 Å². The number of hydrogen-bond donors (Lipinski definition) is 1. The Labute approximate surface area is 140 Å². The Bertz CT molecular complexity index is 481. The quantitative estimate of drug-likeness (QED) is 0.876. The van der Waals surface area contributed by atoms with Gasteiger partial charge in [-0.1, -0.05) is 44.2 Å². The van der Waals surface area contributed by atoms with Crippen molar-refractivity contribution in [3.8, 4) is 0 Å². The largest absolute Gasteiger partial charge is 0.341 e. The van der Waals surface area contributed by atoms with Crippen LogP contribution in [0.5, 0.6) is 0 Å². The van der Waals surface area contributed by atoms with Crippen molar-refractivity contribution >= 4 is 5.91 Å². The molecule has 0 saturated carbocycles. The summed E-state index contributed by atoms with van der Waals surface area (Å²) in [4.78, 5) is 16.6. The molecule has 2 rings (SSSR count). The van der Waals surface area contributed by atoms with E-state index in [4.69, 9.17) is 5.73 Å². The van der Waals surface area contributed by atoms with Crippen molar-refractivity contribution in [2.24, 2.45) is 17.6 Å². The SMILES string of the molecule is CC(C)[C@H](N)C(=O)N1CCC(CN(C)Cc2ccccc2)CC1. The van der Waals surface area contributed by atoms with Gasteiger partial charge in [-0.25, -0.2) is 0 Å². The predicted octanol–water partition coefficient (Wildman–Crippen LogP) is 2.34. The van der Waals surface area contributed by atoms with Crippen molar-refractivity contribution in [1.29, 1.82) is 0 Å². The highest BCUT2D eigenvalue weighted by Crippen LogP contribution is 2.20. The van der Waals surface area contributed by atoms with Gasteiger partial charge in [0.25, 0.3) is 0 Å². The van der Waals surface area contributed by atoms with E-state index in [0.717, 1.165) is 39.0 Å². The first-order valence-corrected chi connectivity index (χ1v) is 8.74. The topological polar surface area (TPSA) is 49.6 Å². The van der Waals surface area contributed by atoms with E-state index in [2.05, 4.69) is 42.3 Å². The highest BCUT2D eigenvalue weighted by Gasteiger charge is 2.28. The van der Waals surface area contributed by atoms with Gasteiger partial charge in [-0.2, -0.15) is 0 Å². The molecule has 1 amide bonds. The van der Waals surface area contributed by atoms with Gasteiger partial charge < -0.3 is 15.5 Å². The summed E-state index contributed by atoms with van der Waals surface area (Å²) in [5.41, 5.74) is 7.35. The van der Waals surface area contributed by atoms with Crippen LogP contribution in [0.15, 0.2) is 30.3 Å². The van der Waals surface area contributed by atoms with Crippen LogP contribution in [0, 0.1) is 11.8 Å². The molecule has 128 valence electrons. The Kier molecular flexibility index (Phi) is 6.60. The molecule has 1 aromatic rings. The molecule has 1 saturated heterocycles. The molecule has 23 heavy (non-hydrogen) atoms. The van der Waals surface area contributed by atoms with Crippen LogP contribution in [0.1, 0.15) is 32.3 Å². The molecular formula is C19H31N3O. The average molecular weight is 317 g/mol. The fourth-order valence-corrected chi connectivity index (χ4v) is 3.23. The minimum Gasteiger partial charge on any atom is -0.341 e. The summed E-state index contributed by atoms with van der Waals surface area (Å²) in [6.45, 7) is 7.79. The van der Waals surface area contributed by atoms with Crippen LogP contribution in [-0.2, 0) is 11.3 Å². The molecule has 1 aromatic carbocycles. The fourth-order valence-electron chi connectivity index (χ4n) is 3.23. The molecule has 0 radical (unpaired) electrons. The lowest BCUT2D eigenvalue weighted by atomic mass is 9.94. The molecule has 0 spiro atoms. The van der Waals surface area contributed by atoms with Crippen molar-refractivity contribution in [3.05, 3.63) is 35.9 Å². The zero-order valence-corrected chi connectivity index (χ0v) is 14.7. The minimum absolute atomic E-state index is 0.121. The standard InChI is InChI=1S/C19H31N3O/c1-15(2)18(20)19(23)22-11-9-17(10-12-22)14-21(3)13-16-7-5-4-6-8-16/h4-8,15,17-18H,9-14,20H2,1-3H3/t18-/m0/s1. The minimum atomic E-state index is -0.354. The molecule has 0 aliphatic carbocycles.